The van der Waals surface area contributed by atoms with E-state index in [1.807, 2.05) is 0 Å². The third-order valence-corrected chi connectivity index (χ3v) is 4.98. The van der Waals surface area contributed by atoms with Gasteiger partial charge in [0.2, 0.25) is 10.0 Å². The van der Waals surface area contributed by atoms with Crippen molar-refractivity contribution < 1.29 is 8.42 Å². The molecule has 0 atom stereocenters. The SMILES string of the molecule is Cc1c(S(=O)(=O)NCCCC2CC2)c(N)nn1C. The second-order valence-electron chi connectivity index (χ2n) is 4.91. The van der Waals surface area contributed by atoms with Gasteiger partial charge in [0.25, 0.3) is 0 Å². The molecule has 6 nitrogen and oxygen atoms in total. The molecule has 7 heteroatoms. The average molecular weight is 272 g/mol. The average Bonchev–Trinajstić information content (AvgIpc) is 3.03. The highest BCUT2D eigenvalue weighted by Gasteiger charge is 2.25. The smallest absolute Gasteiger partial charge is 0.246 e. The predicted octanol–water partition coefficient (Wildman–Crippen LogP) is 0.779. The molecule has 18 heavy (non-hydrogen) atoms. The number of sulfonamides is 1. The largest absolute Gasteiger partial charge is 0.381 e. The van der Waals surface area contributed by atoms with E-state index < -0.39 is 10.0 Å². The van der Waals surface area contributed by atoms with Gasteiger partial charge < -0.3 is 5.73 Å². The highest BCUT2D eigenvalue weighted by molar-refractivity contribution is 7.89. The van der Waals surface area contributed by atoms with Crippen molar-refractivity contribution in [1.29, 1.82) is 0 Å². The molecule has 0 aliphatic heterocycles. The second kappa shape index (κ2) is 4.89. The predicted molar refractivity (Wildman–Crippen MR) is 69.5 cm³/mol. The molecule has 1 aliphatic carbocycles. The summed E-state index contributed by atoms with van der Waals surface area (Å²) in [7, 11) is -1.86. The lowest BCUT2D eigenvalue weighted by molar-refractivity contribution is 0.572. The Morgan fingerprint density at radius 1 is 1.50 bits per heavy atom. The van der Waals surface area contributed by atoms with Gasteiger partial charge in [-0.1, -0.05) is 12.8 Å². The standard InChI is InChI=1S/C11H20N4O2S/c1-8-10(11(12)14-15(8)2)18(16,17)13-7-3-4-9-5-6-9/h9,13H,3-7H2,1-2H3,(H2,12,14). The van der Waals surface area contributed by atoms with Gasteiger partial charge in [-0.2, -0.15) is 5.10 Å². The number of anilines is 1. The van der Waals surface area contributed by atoms with E-state index in [2.05, 4.69) is 9.82 Å². The molecular weight excluding hydrogens is 252 g/mol. The van der Waals surface area contributed by atoms with Gasteiger partial charge >= 0.3 is 0 Å². The summed E-state index contributed by atoms with van der Waals surface area (Å²) in [6, 6.07) is 0. The van der Waals surface area contributed by atoms with Gasteiger partial charge in [0.15, 0.2) is 5.82 Å². The van der Waals surface area contributed by atoms with E-state index in [0.29, 0.717) is 12.2 Å². The van der Waals surface area contributed by atoms with Gasteiger partial charge in [-0.3, -0.25) is 4.68 Å². The first-order valence-corrected chi connectivity index (χ1v) is 7.69. The maximum atomic E-state index is 12.1. The number of hydrogen-bond acceptors (Lipinski definition) is 4. The lowest BCUT2D eigenvalue weighted by Crippen LogP contribution is -2.26. The fraction of sp³-hybridized carbons (Fsp3) is 0.727. The van der Waals surface area contributed by atoms with Crippen LogP contribution in [0.15, 0.2) is 4.90 Å². The van der Waals surface area contributed by atoms with Crippen LogP contribution in [0.2, 0.25) is 0 Å². The minimum atomic E-state index is -3.54. The number of aryl methyl sites for hydroxylation is 1. The Bertz CT molecular complexity index is 531. The van der Waals surface area contributed by atoms with Crippen LogP contribution in [-0.2, 0) is 17.1 Å². The summed E-state index contributed by atoms with van der Waals surface area (Å²) < 4.78 is 28.3. The van der Waals surface area contributed by atoms with Crippen LogP contribution in [0.4, 0.5) is 5.82 Å². The van der Waals surface area contributed by atoms with Crippen molar-refractivity contribution in [2.75, 3.05) is 12.3 Å². The van der Waals surface area contributed by atoms with Crippen LogP contribution in [0.1, 0.15) is 31.4 Å². The Hall–Kier alpha value is -1.08. The van der Waals surface area contributed by atoms with Crippen LogP contribution in [-0.4, -0.2) is 24.7 Å². The second-order valence-corrected chi connectivity index (χ2v) is 6.61. The first-order valence-electron chi connectivity index (χ1n) is 6.20. The number of rotatable bonds is 6. The van der Waals surface area contributed by atoms with Crippen LogP contribution in [0, 0.1) is 12.8 Å². The number of nitrogens with zero attached hydrogens (tertiary/aromatic N) is 2. The summed E-state index contributed by atoms with van der Waals surface area (Å²) in [5.41, 5.74) is 6.20. The molecule has 0 spiro atoms. The number of aromatic nitrogens is 2. The summed E-state index contributed by atoms with van der Waals surface area (Å²) >= 11 is 0. The van der Waals surface area contributed by atoms with Gasteiger partial charge in [0.1, 0.15) is 4.90 Å². The topological polar surface area (TPSA) is 90.0 Å². The Labute approximate surface area is 108 Å². The fourth-order valence-electron chi connectivity index (χ4n) is 2.02. The van der Waals surface area contributed by atoms with E-state index in [0.717, 1.165) is 18.8 Å². The maximum absolute atomic E-state index is 12.1. The summed E-state index contributed by atoms with van der Waals surface area (Å²) in [6.45, 7) is 2.16. The van der Waals surface area contributed by atoms with Crippen molar-refractivity contribution in [3.63, 3.8) is 0 Å². The highest BCUT2D eigenvalue weighted by atomic mass is 32.2. The normalized spacial score (nSPS) is 16.1. The molecule has 1 saturated carbocycles. The van der Waals surface area contributed by atoms with Gasteiger partial charge in [0, 0.05) is 13.6 Å². The minimum absolute atomic E-state index is 0.0599. The molecule has 102 valence electrons. The van der Waals surface area contributed by atoms with Crippen LogP contribution >= 0.6 is 0 Å². The van der Waals surface area contributed by atoms with E-state index in [-0.39, 0.29) is 10.7 Å². The lowest BCUT2D eigenvalue weighted by Gasteiger charge is -2.06. The molecule has 1 aliphatic rings. The van der Waals surface area contributed by atoms with Crippen LogP contribution < -0.4 is 10.5 Å². The molecule has 0 saturated heterocycles. The Morgan fingerprint density at radius 3 is 2.67 bits per heavy atom. The van der Waals surface area contributed by atoms with Crippen molar-refractivity contribution in [3.05, 3.63) is 5.69 Å². The summed E-state index contributed by atoms with van der Waals surface area (Å²) in [4.78, 5) is 0.108. The zero-order valence-corrected chi connectivity index (χ0v) is 11.6. The fourth-order valence-corrected chi connectivity index (χ4v) is 3.42. The molecule has 2 rings (SSSR count). The first kappa shape index (κ1) is 13.4. The van der Waals surface area contributed by atoms with Crippen molar-refractivity contribution in [3.8, 4) is 0 Å². The number of nitrogens with one attached hydrogen (secondary N) is 1. The van der Waals surface area contributed by atoms with Gasteiger partial charge in [-0.05, 0) is 25.7 Å². The van der Waals surface area contributed by atoms with Crippen LogP contribution in [0.3, 0.4) is 0 Å². The van der Waals surface area contributed by atoms with Crippen molar-refractivity contribution >= 4 is 15.8 Å². The Kier molecular flexibility index (Phi) is 3.63. The monoisotopic (exact) mass is 272 g/mol. The zero-order valence-electron chi connectivity index (χ0n) is 10.8. The number of nitrogen functional groups attached to an aromatic ring is 1. The van der Waals surface area contributed by atoms with Crippen molar-refractivity contribution in [1.82, 2.24) is 14.5 Å². The molecule has 0 amide bonds. The molecular formula is C11H20N4O2S. The first-order chi connectivity index (χ1) is 8.42. The molecule has 0 unspecified atom stereocenters. The zero-order chi connectivity index (χ0) is 13.3. The Morgan fingerprint density at radius 2 is 2.17 bits per heavy atom. The van der Waals surface area contributed by atoms with Crippen LogP contribution in [0.25, 0.3) is 0 Å². The van der Waals surface area contributed by atoms with Gasteiger partial charge in [-0.15, -0.1) is 0 Å². The van der Waals surface area contributed by atoms with Crippen molar-refractivity contribution in [2.45, 2.75) is 37.5 Å². The summed E-state index contributed by atoms with van der Waals surface area (Å²) in [6.07, 6.45) is 4.57. The summed E-state index contributed by atoms with van der Waals surface area (Å²) in [5.74, 6) is 0.879. The third kappa shape index (κ3) is 2.84. The number of nitrogens with two attached hydrogens (primary N) is 1. The molecule has 1 aromatic rings. The van der Waals surface area contributed by atoms with E-state index in [4.69, 9.17) is 5.73 Å². The summed E-state index contributed by atoms with van der Waals surface area (Å²) in [5, 5.41) is 3.92. The molecule has 0 aromatic carbocycles. The van der Waals surface area contributed by atoms with E-state index >= 15 is 0 Å². The van der Waals surface area contributed by atoms with E-state index in [1.165, 1.54) is 17.5 Å². The maximum Gasteiger partial charge on any atom is 0.246 e. The van der Waals surface area contributed by atoms with Crippen LogP contribution in [0.5, 0.6) is 0 Å². The molecule has 1 aromatic heterocycles. The lowest BCUT2D eigenvalue weighted by atomic mass is 10.2. The van der Waals surface area contributed by atoms with E-state index in [1.54, 1.807) is 14.0 Å². The molecule has 1 fully saturated rings. The van der Waals surface area contributed by atoms with E-state index in [9.17, 15) is 8.42 Å². The quantitative estimate of drug-likeness (QED) is 0.749. The Balaban J connectivity index is 2.00. The molecule has 0 bridgehead atoms. The molecule has 3 N–H and O–H groups in total. The minimum Gasteiger partial charge on any atom is -0.381 e. The molecule has 0 radical (unpaired) electrons. The number of hydrogen-bond donors (Lipinski definition) is 2. The van der Waals surface area contributed by atoms with Gasteiger partial charge in [0.05, 0.1) is 5.69 Å². The van der Waals surface area contributed by atoms with Gasteiger partial charge in [-0.25, -0.2) is 13.1 Å². The highest BCUT2D eigenvalue weighted by Crippen LogP contribution is 2.33. The third-order valence-electron chi connectivity index (χ3n) is 3.35. The molecule has 1 heterocycles. The van der Waals surface area contributed by atoms with Crippen molar-refractivity contribution in [2.24, 2.45) is 13.0 Å².